The van der Waals surface area contributed by atoms with E-state index < -0.39 is 12.0 Å². The highest BCUT2D eigenvalue weighted by molar-refractivity contribution is 5.80. The van der Waals surface area contributed by atoms with E-state index >= 15 is 0 Å². The molecule has 1 aliphatic rings. The van der Waals surface area contributed by atoms with Gasteiger partial charge >= 0.3 is 0 Å². The number of hydrogen-bond acceptors (Lipinski definition) is 1. The molecule has 2 aromatic rings. The van der Waals surface area contributed by atoms with Gasteiger partial charge in [0.15, 0.2) is 5.60 Å². The summed E-state index contributed by atoms with van der Waals surface area (Å²) in [5.74, 6) is 0. The molecule has 2 aromatic carbocycles. The molecule has 1 aliphatic carbocycles. The quantitative estimate of drug-likeness (QED) is 0.800. The Morgan fingerprint density at radius 2 is 1.24 bits per heavy atom. The zero-order chi connectivity index (χ0) is 12.0. The summed E-state index contributed by atoms with van der Waals surface area (Å²) in [6, 6.07) is 13.5. The van der Waals surface area contributed by atoms with Crippen molar-refractivity contribution < 1.29 is 13.9 Å². The van der Waals surface area contributed by atoms with Crippen LogP contribution in [0.2, 0.25) is 0 Å². The standard InChI is InChI=1S/C14H10F2O/c15-13(16)14(17)11-7-3-1-5-9(11)10-6-2-4-8-12(10)14/h1-8,13,17H. The van der Waals surface area contributed by atoms with Gasteiger partial charge in [-0.25, -0.2) is 8.78 Å². The molecule has 0 amide bonds. The van der Waals surface area contributed by atoms with Crippen molar-refractivity contribution in [2.45, 2.75) is 12.0 Å². The maximum Gasteiger partial charge on any atom is 0.275 e. The van der Waals surface area contributed by atoms with Crippen LogP contribution in [-0.2, 0) is 5.60 Å². The van der Waals surface area contributed by atoms with Crippen molar-refractivity contribution in [1.82, 2.24) is 0 Å². The predicted molar refractivity (Wildman–Crippen MR) is 60.9 cm³/mol. The van der Waals surface area contributed by atoms with E-state index in [1.165, 1.54) is 0 Å². The number of halogens is 2. The maximum absolute atomic E-state index is 13.2. The largest absolute Gasteiger partial charge is 0.375 e. The van der Waals surface area contributed by atoms with Crippen molar-refractivity contribution in [2.75, 3.05) is 0 Å². The lowest BCUT2D eigenvalue weighted by Crippen LogP contribution is -2.33. The minimum atomic E-state index is -2.84. The van der Waals surface area contributed by atoms with Crippen molar-refractivity contribution in [2.24, 2.45) is 0 Å². The van der Waals surface area contributed by atoms with Crippen molar-refractivity contribution in [3.05, 3.63) is 59.7 Å². The van der Waals surface area contributed by atoms with Crippen molar-refractivity contribution in [3.8, 4) is 11.1 Å². The van der Waals surface area contributed by atoms with Gasteiger partial charge in [-0.05, 0) is 11.1 Å². The Hall–Kier alpha value is -1.74. The number of fused-ring (bicyclic) bond motifs is 3. The van der Waals surface area contributed by atoms with E-state index in [-0.39, 0.29) is 11.1 Å². The second kappa shape index (κ2) is 3.37. The smallest absolute Gasteiger partial charge is 0.275 e. The number of aliphatic hydroxyl groups is 1. The first-order valence-electron chi connectivity index (χ1n) is 5.35. The highest BCUT2D eigenvalue weighted by atomic mass is 19.3. The average molecular weight is 232 g/mol. The van der Waals surface area contributed by atoms with Crippen LogP contribution in [0.5, 0.6) is 0 Å². The maximum atomic E-state index is 13.2. The van der Waals surface area contributed by atoms with Gasteiger partial charge in [-0.15, -0.1) is 0 Å². The van der Waals surface area contributed by atoms with E-state index in [4.69, 9.17) is 0 Å². The van der Waals surface area contributed by atoms with E-state index in [2.05, 4.69) is 0 Å². The van der Waals surface area contributed by atoms with Crippen LogP contribution < -0.4 is 0 Å². The van der Waals surface area contributed by atoms with E-state index in [9.17, 15) is 13.9 Å². The molecule has 0 radical (unpaired) electrons. The first-order valence-corrected chi connectivity index (χ1v) is 5.35. The summed E-state index contributed by atoms with van der Waals surface area (Å²) in [7, 11) is 0. The molecule has 86 valence electrons. The van der Waals surface area contributed by atoms with Crippen LogP contribution in [0.1, 0.15) is 11.1 Å². The zero-order valence-corrected chi connectivity index (χ0v) is 8.90. The van der Waals surface area contributed by atoms with Crippen LogP contribution in [0.25, 0.3) is 11.1 Å². The number of benzene rings is 2. The third-order valence-corrected chi connectivity index (χ3v) is 3.28. The molecule has 0 aliphatic heterocycles. The lowest BCUT2D eigenvalue weighted by atomic mass is 9.92. The molecule has 1 nitrogen and oxygen atoms in total. The third-order valence-electron chi connectivity index (χ3n) is 3.28. The molecule has 0 spiro atoms. The summed E-state index contributed by atoms with van der Waals surface area (Å²) in [4.78, 5) is 0. The lowest BCUT2D eigenvalue weighted by molar-refractivity contribution is -0.0688. The summed E-state index contributed by atoms with van der Waals surface area (Å²) < 4.78 is 26.5. The van der Waals surface area contributed by atoms with Crippen LogP contribution in [0.15, 0.2) is 48.5 Å². The first kappa shape index (κ1) is 10.4. The second-order valence-electron chi connectivity index (χ2n) is 4.16. The number of alkyl halides is 2. The molecule has 0 bridgehead atoms. The topological polar surface area (TPSA) is 20.2 Å². The molecular formula is C14H10F2O. The van der Waals surface area contributed by atoms with Crippen LogP contribution in [0.3, 0.4) is 0 Å². The molecule has 0 fully saturated rings. The molecule has 0 atom stereocenters. The van der Waals surface area contributed by atoms with Gasteiger partial charge in [0.2, 0.25) is 0 Å². The molecule has 17 heavy (non-hydrogen) atoms. The van der Waals surface area contributed by atoms with E-state index in [0.717, 1.165) is 0 Å². The molecule has 3 heteroatoms. The van der Waals surface area contributed by atoms with Crippen molar-refractivity contribution in [1.29, 1.82) is 0 Å². The van der Waals surface area contributed by atoms with Gasteiger partial charge in [-0.2, -0.15) is 0 Å². The SMILES string of the molecule is OC1(C(F)F)c2ccccc2-c2ccccc21. The van der Waals surface area contributed by atoms with Gasteiger partial charge in [0.25, 0.3) is 6.43 Å². The van der Waals surface area contributed by atoms with E-state index in [1.54, 1.807) is 48.5 Å². The first-order chi connectivity index (χ1) is 8.15. The lowest BCUT2D eigenvalue weighted by Gasteiger charge is -2.24. The van der Waals surface area contributed by atoms with Crippen molar-refractivity contribution >= 4 is 0 Å². The van der Waals surface area contributed by atoms with Gasteiger partial charge in [-0.1, -0.05) is 48.5 Å². The summed E-state index contributed by atoms with van der Waals surface area (Å²) >= 11 is 0. The zero-order valence-electron chi connectivity index (χ0n) is 8.90. The highest BCUT2D eigenvalue weighted by Crippen LogP contribution is 2.49. The molecule has 1 N–H and O–H groups in total. The Morgan fingerprint density at radius 3 is 1.65 bits per heavy atom. The molecule has 0 unspecified atom stereocenters. The second-order valence-corrected chi connectivity index (χ2v) is 4.16. The fraction of sp³-hybridized carbons (Fsp3) is 0.143. The van der Waals surface area contributed by atoms with Gasteiger partial charge in [0, 0.05) is 11.1 Å². The Balaban J connectivity index is 2.39. The third kappa shape index (κ3) is 1.20. The molecule has 3 rings (SSSR count). The molecule has 0 saturated carbocycles. The minimum Gasteiger partial charge on any atom is -0.375 e. The highest BCUT2D eigenvalue weighted by Gasteiger charge is 2.48. The average Bonchev–Trinajstić information content (AvgIpc) is 2.63. The van der Waals surface area contributed by atoms with Gasteiger partial charge in [-0.3, -0.25) is 0 Å². The summed E-state index contributed by atoms with van der Waals surface area (Å²) in [6.07, 6.45) is -2.84. The van der Waals surface area contributed by atoms with Gasteiger partial charge < -0.3 is 5.11 Å². The Kier molecular flexibility index (Phi) is 2.07. The van der Waals surface area contributed by atoms with Crippen LogP contribution in [0.4, 0.5) is 8.78 Å². The van der Waals surface area contributed by atoms with Gasteiger partial charge in [0.1, 0.15) is 0 Å². The number of rotatable bonds is 1. The minimum absolute atomic E-state index is 0.288. The Bertz CT molecular complexity index is 532. The summed E-state index contributed by atoms with van der Waals surface area (Å²) in [5.41, 5.74) is -0.225. The normalized spacial score (nSPS) is 15.8. The Labute approximate surface area is 97.3 Å². The monoisotopic (exact) mass is 232 g/mol. The fourth-order valence-corrected chi connectivity index (χ4v) is 2.48. The molecular weight excluding hydrogens is 222 g/mol. The molecule has 0 saturated heterocycles. The molecule has 0 heterocycles. The summed E-state index contributed by atoms with van der Waals surface area (Å²) in [5, 5.41) is 10.3. The van der Waals surface area contributed by atoms with Crippen LogP contribution in [0, 0.1) is 0 Å². The van der Waals surface area contributed by atoms with E-state index in [1.807, 2.05) is 0 Å². The molecule has 0 aromatic heterocycles. The van der Waals surface area contributed by atoms with Crippen molar-refractivity contribution in [3.63, 3.8) is 0 Å². The predicted octanol–water partition coefficient (Wildman–Crippen LogP) is 3.17. The van der Waals surface area contributed by atoms with Crippen LogP contribution in [-0.4, -0.2) is 11.5 Å². The van der Waals surface area contributed by atoms with E-state index in [0.29, 0.717) is 11.1 Å². The fourth-order valence-electron chi connectivity index (χ4n) is 2.48. The Morgan fingerprint density at radius 1 is 0.824 bits per heavy atom. The van der Waals surface area contributed by atoms with Gasteiger partial charge in [0.05, 0.1) is 0 Å². The van der Waals surface area contributed by atoms with Crippen LogP contribution >= 0.6 is 0 Å². The number of hydrogen-bond donors (Lipinski definition) is 1. The summed E-state index contributed by atoms with van der Waals surface area (Å²) in [6.45, 7) is 0.